The zero-order valence-corrected chi connectivity index (χ0v) is 20.2. The van der Waals surface area contributed by atoms with E-state index < -0.39 is 42.9 Å². The third kappa shape index (κ3) is 7.26. The Bertz CT molecular complexity index is 1270. The number of methoxy groups -OCH3 is 2. The summed E-state index contributed by atoms with van der Waals surface area (Å²) in [5.41, 5.74) is 0.101. The molecule has 4 N–H and O–H groups in total. The summed E-state index contributed by atoms with van der Waals surface area (Å²) in [6.45, 7) is 1.01. The number of nitrogens with one attached hydrogen (secondary N) is 3. The molecule has 2 rings (SSSR count). The fourth-order valence-corrected chi connectivity index (χ4v) is 4.30. The number of carboxylic acid groups (broad SMARTS) is 1. The Labute approximate surface area is 195 Å². The summed E-state index contributed by atoms with van der Waals surface area (Å²) < 4.78 is 62.6. The monoisotopic (exact) mass is 517 g/mol. The second-order valence-corrected chi connectivity index (χ2v) is 10.3. The van der Waals surface area contributed by atoms with E-state index in [0.29, 0.717) is 0 Å². The van der Waals surface area contributed by atoms with Crippen molar-refractivity contribution in [2.45, 2.75) is 24.3 Å². The van der Waals surface area contributed by atoms with Crippen molar-refractivity contribution in [3.8, 4) is 11.8 Å². The lowest BCUT2D eigenvalue weighted by Crippen LogP contribution is -2.35. The molecular formula is C18H23N5O9S2. The third-order valence-electron chi connectivity index (χ3n) is 4.29. The maximum absolute atomic E-state index is 13.0. The van der Waals surface area contributed by atoms with E-state index in [-0.39, 0.29) is 35.4 Å². The molecule has 1 aromatic heterocycles. The highest BCUT2D eigenvalue weighted by atomic mass is 32.2. The van der Waals surface area contributed by atoms with Gasteiger partial charge in [-0.25, -0.2) is 31.1 Å². The zero-order chi connectivity index (χ0) is 25.7. The molecule has 0 aliphatic rings. The molecule has 0 radical (unpaired) electrons. The average Bonchev–Trinajstić information content (AvgIpc) is 2.75. The van der Waals surface area contributed by atoms with E-state index in [2.05, 4.69) is 20.0 Å². The van der Waals surface area contributed by atoms with E-state index in [1.807, 2.05) is 0 Å². The van der Waals surface area contributed by atoms with Crippen LogP contribution in [0.25, 0.3) is 0 Å². The largest absolute Gasteiger partial charge is 0.481 e. The first-order valence-corrected chi connectivity index (χ1v) is 12.7. The number of carboxylic acids is 1. The Hall–Kier alpha value is -3.50. The second kappa shape index (κ2) is 10.6. The van der Waals surface area contributed by atoms with E-state index in [9.17, 15) is 31.5 Å². The number of aromatic nitrogens is 2. The highest BCUT2D eigenvalue weighted by Crippen LogP contribution is 2.26. The van der Waals surface area contributed by atoms with Crippen LogP contribution < -0.4 is 24.2 Å². The Morgan fingerprint density at radius 3 is 2.15 bits per heavy atom. The van der Waals surface area contributed by atoms with Crippen molar-refractivity contribution in [1.82, 2.24) is 19.4 Å². The number of hydrogen-bond acceptors (Lipinski definition) is 10. The summed E-state index contributed by atoms with van der Waals surface area (Å²) >= 11 is 0. The molecule has 0 aliphatic carbocycles. The number of hydrogen-bond donors (Lipinski definition) is 4. The molecule has 0 aliphatic heterocycles. The van der Waals surface area contributed by atoms with Gasteiger partial charge in [0.25, 0.3) is 10.0 Å². The van der Waals surface area contributed by atoms with Crippen molar-refractivity contribution in [2.75, 3.05) is 25.8 Å². The average molecular weight is 518 g/mol. The van der Waals surface area contributed by atoms with Crippen molar-refractivity contribution in [3.05, 3.63) is 35.4 Å². The van der Waals surface area contributed by atoms with Gasteiger partial charge in [-0.15, -0.1) is 0 Å². The number of aliphatic carboxylic acids is 1. The SMILES string of the molecule is COc1cc(OC)nc(NC(=O)NS(=O)(=O)c2cc(CNS(C)(=O)=O)ccc2C(C)C(=O)O)n1. The molecule has 1 heterocycles. The van der Waals surface area contributed by atoms with Crippen LogP contribution in [0, 0.1) is 0 Å². The quantitative estimate of drug-likeness (QED) is 0.336. The van der Waals surface area contributed by atoms with Crippen LogP contribution in [-0.4, -0.2) is 64.4 Å². The lowest BCUT2D eigenvalue weighted by molar-refractivity contribution is -0.138. The summed E-state index contributed by atoms with van der Waals surface area (Å²) in [6, 6.07) is 3.77. The first-order valence-electron chi connectivity index (χ1n) is 9.37. The van der Waals surface area contributed by atoms with Crippen LogP contribution in [0.3, 0.4) is 0 Å². The van der Waals surface area contributed by atoms with Gasteiger partial charge in [-0.2, -0.15) is 9.97 Å². The van der Waals surface area contributed by atoms with Crippen LogP contribution in [0.5, 0.6) is 11.8 Å². The number of benzene rings is 1. The maximum Gasteiger partial charge on any atom is 0.335 e. The van der Waals surface area contributed by atoms with E-state index >= 15 is 0 Å². The van der Waals surface area contributed by atoms with E-state index in [1.165, 1.54) is 39.3 Å². The van der Waals surface area contributed by atoms with Gasteiger partial charge in [0.15, 0.2) is 0 Å². The first-order chi connectivity index (χ1) is 15.8. The van der Waals surface area contributed by atoms with Crippen LogP contribution in [0.15, 0.2) is 29.2 Å². The van der Waals surface area contributed by atoms with Gasteiger partial charge in [0, 0.05) is 6.54 Å². The van der Waals surface area contributed by atoms with Crippen LogP contribution >= 0.6 is 0 Å². The van der Waals surface area contributed by atoms with Crippen LogP contribution in [-0.2, 0) is 31.4 Å². The lowest BCUT2D eigenvalue weighted by atomic mass is 10.00. The molecule has 0 saturated heterocycles. The first kappa shape index (κ1) is 26.7. The number of sulfonamides is 2. The molecule has 14 nitrogen and oxygen atoms in total. The Morgan fingerprint density at radius 2 is 1.65 bits per heavy atom. The molecule has 16 heteroatoms. The molecule has 34 heavy (non-hydrogen) atoms. The number of carbonyl (C=O) groups excluding carboxylic acids is 1. The van der Waals surface area contributed by atoms with Gasteiger partial charge in [0.05, 0.1) is 37.4 Å². The number of nitrogens with zero attached hydrogens (tertiary/aromatic N) is 2. The van der Waals surface area contributed by atoms with Crippen LogP contribution in [0.4, 0.5) is 10.7 Å². The molecule has 0 bridgehead atoms. The molecule has 1 atom stereocenters. The minimum atomic E-state index is -4.62. The van der Waals surface area contributed by atoms with Crippen molar-refractivity contribution in [3.63, 3.8) is 0 Å². The van der Waals surface area contributed by atoms with E-state index in [0.717, 1.165) is 12.3 Å². The molecule has 2 aromatic rings. The van der Waals surface area contributed by atoms with Gasteiger partial charge < -0.3 is 14.6 Å². The summed E-state index contributed by atoms with van der Waals surface area (Å²) in [4.78, 5) is 31.0. The molecule has 1 aromatic carbocycles. The highest BCUT2D eigenvalue weighted by Gasteiger charge is 2.27. The van der Waals surface area contributed by atoms with E-state index in [4.69, 9.17) is 9.47 Å². The molecule has 0 spiro atoms. The van der Waals surface area contributed by atoms with Crippen molar-refractivity contribution in [1.29, 1.82) is 0 Å². The number of carbonyl (C=O) groups is 2. The molecule has 0 saturated carbocycles. The number of anilines is 1. The van der Waals surface area contributed by atoms with Gasteiger partial charge in [0.2, 0.25) is 27.7 Å². The zero-order valence-electron chi connectivity index (χ0n) is 18.5. The van der Waals surface area contributed by atoms with Gasteiger partial charge in [-0.1, -0.05) is 12.1 Å². The van der Waals surface area contributed by atoms with Gasteiger partial charge >= 0.3 is 12.0 Å². The Balaban J connectivity index is 2.38. The van der Waals surface area contributed by atoms with Crippen molar-refractivity contribution in [2.24, 2.45) is 0 Å². The normalized spacial score (nSPS) is 12.5. The summed E-state index contributed by atoms with van der Waals surface area (Å²) in [5.74, 6) is -2.81. The minimum absolute atomic E-state index is 0.0358. The van der Waals surface area contributed by atoms with Gasteiger partial charge in [-0.3, -0.25) is 10.1 Å². The topological polar surface area (TPSA) is 203 Å². The predicted octanol–water partition coefficient (Wildman–Crippen LogP) is 0.242. The van der Waals surface area contributed by atoms with Crippen LogP contribution in [0.1, 0.15) is 24.0 Å². The number of amides is 2. The third-order valence-corrected chi connectivity index (χ3v) is 6.35. The van der Waals surface area contributed by atoms with Crippen molar-refractivity contribution >= 4 is 38.0 Å². The fourth-order valence-electron chi connectivity index (χ4n) is 2.60. The number of ether oxygens (including phenoxy) is 2. The second-order valence-electron chi connectivity index (χ2n) is 6.86. The minimum Gasteiger partial charge on any atom is -0.481 e. The van der Waals surface area contributed by atoms with E-state index in [1.54, 1.807) is 4.72 Å². The summed E-state index contributed by atoms with van der Waals surface area (Å²) in [5, 5.41) is 11.5. The number of rotatable bonds is 10. The Morgan fingerprint density at radius 1 is 1.06 bits per heavy atom. The summed E-state index contributed by atoms with van der Waals surface area (Å²) in [6.07, 6.45) is 0.924. The maximum atomic E-state index is 13.0. The Kier molecular flexibility index (Phi) is 8.36. The fraction of sp³-hybridized carbons (Fsp3) is 0.333. The molecule has 1 unspecified atom stereocenters. The molecule has 0 fully saturated rings. The molecule has 2 amide bonds. The predicted molar refractivity (Wildman–Crippen MR) is 119 cm³/mol. The van der Waals surface area contributed by atoms with Gasteiger partial charge in [-0.05, 0) is 24.1 Å². The molecular weight excluding hydrogens is 494 g/mol. The smallest absolute Gasteiger partial charge is 0.335 e. The van der Waals surface area contributed by atoms with Gasteiger partial charge in [0.1, 0.15) is 0 Å². The van der Waals surface area contributed by atoms with Crippen molar-refractivity contribution < 1.29 is 41.0 Å². The summed E-state index contributed by atoms with van der Waals surface area (Å²) in [7, 11) is -5.58. The molecule has 186 valence electrons. The van der Waals surface area contributed by atoms with Crippen LogP contribution in [0.2, 0.25) is 0 Å². The number of urea groups is 1. The highest BCUT2D eigenvalue weighted by molar-refractivity contribution is 7.90. The standard InChI is InChI=1S/C18H23N5O9S2/c1-10(16(24)25)12-6-5-11(9-19-33(4,27)28)7-13(12)34(29,30)23-18(26)22-17-20-14(31-2)8-15(21-17)32-3/h5-8,10,19H,9H2,1-4H3,(H,24,25)(H2,20,21,22,23,26). The lowest BCUT2D eigenvalue weighted by Gasteiger charge is -2.16.